The van der Waals surface area contributed by atoms with E-state index >= 15 is 0 Å². The molecule has 1 aromatic rings. The number of halogens is 2. The molecule has 0 spiro atoms. The molecular weight excluding hydrogens is 259 g/mol. The molecule has 0 unspecified atom stereocenters. The molecule has 0 saturated carbocycles. The van der Waals surface area contributed by atoms with Gasteiger partial charge in [-0.2, -0.15) is 5.26 Å². The molecule has 0 atom stereocenters. The standard InChI is InChI=1S/C11H10BrFN2/c1-2-3-6-15-9-5-4-8(7-14)10(12)11(9)13/h2,4-5,15H,1,3,6H2. The van der Waals surface area contributed by atoms with Gasteiger partial charge >= 0.3 is 0 Å². The smallest absolute Gasteiger partial charge is 0.161 e. The number of anilines is 1. The summed E-state index contributed by atoms with van der Waals surface area (Å²) in [5.74, 6) is -0.432. The second-order valence-corrected chi connectivity index (χ2v) is 3.70. The van der Waals surface area contributed by atoms with Crippen molar-refractivity contribution in [1.29, 1.82) is 5.26 Å². The van der Waals surface area contributed by atoms with Crippen LogP contribution in [0.1, 0.15) is 12.0 Å². The van der Waals surface area contributed by atoms with Gasteiger partial charge in [0.1, 0.15) is 6.07 Å². The first-order valence-electron chi connectivity index (χ1n) is 4.43. The van der Waals surface area contributed by atoms with Crippen LogP contribution in [0.5, 0.6) is 0 Å². The van der Waals surface area contributed by atoms with Crippen LogP contribution in [0, 0.1) is 17.1 Å². The lowest BCUT2D eigenvalue weighted by Gasteiger charge is -2.07. The highest BCUT2D eigenvalue weighted by molar-refractivity contribution is 9.10. The van der Waals surface area contributed by atoms with E-state index in [0.29, 0.717) is 17.8 Å². The third kappa shape index (κ3) is 2.80. The normalized spacial score (nSPS) is 9.40. The van der Waals surface area contributed by atoms with Crippen LogP contribution >= 0.6 is 15.9 Å². The van der Waals surface area contributed by atoms with Gasteiger partial charge in [0.15, 0.2) is 5.82 Å². The number of nitrogens with one attached hydrogen (secondary N) is 1. The summed E-state index contributed by atoms with van der Waals surface area (Å²) in [5.41, 5.74) is 0.685. The van der Waals surface area contributed by atoms with Crippen molar-refractivity contribution in [1.82, 2.24) is 0 Å². The van der Waals surface area contributed by atoms with Crippen LogP contribution in [0.2, 0.25) is 0 Å². The Bertz CT molecular complexity index is 410. The Labute approximate surface area is 96.5 Å². The highest BCUT2D eigenvalue weighted by Gasteiger charge is 2.09. The SMILES string of the molecule is C=CCCNc1ccc(C#N)c(Br)c1F. The van der Waals surface area contributed by atoms with Crippen LogP contribution in [0.3, 0.4) is 0 Å². The highest BCUT2D eigenvalue weighted by Crippen LogP contribution is 2.26. The summed E-state index contributed by atoms with van der Waals surface area (Å²) in [6, 6.07) is 5.03. The Morgan fingerprint density at radius 3 is 2.93 bits per heavy atom. The molecule has 0 amide bonds. The Balaban J connectivity index is 2.88. The molecule has 0 saturated heterocycles. The average Bonchev–Trinajstić information content (AvgIpc) is 2.25. The van der Waals surface area contributed by atoms with Crippen molar-refractivity contribution >= 4 is 21.6 Å². The first-order valence-corrected chi connectivity index (χ1v) is 5.23. The lowest BCUT2D eigenvalue weighted by molar-refractivity contribution is 0.623. The van der Waals surface area contributed by atoms with Gasteiger partial charge in [-0.15, -0.1) is 6.58 Å². The van der Waals surface area contributed by atoms with Gasteiger partial charge in [0.2, 0.25) is 0 Å². The van der Waals surface area contributed by atoms with Crippen LogP contribution < -0.4 is 5.32 Å². The van der Waals surface area contributed by atoms with Gasteiger partial charge in [-0.05, 0) is 34.5 Å². The van der Waals surface area contributed by atoms with E-state index < -0.39 is 5.82 Å². The van der Waals surface area contributed by atoms with Crippen LogP contribution in [-0.2, 0) is 0 Å². The Morgan fingerprint density at radius 2 is 2.33 bits per heavy atom. The van der Waals surface area contributed by atoms with E-state index in [1.807, 2.05) is 6.07 Å². The first-order chi connectivity index (χ1) is 7.20. The second kappa shape index (κ2) is 5.52. The third-order valence-corrected chi connectivity index (χ3v) is 2.64. The summed E-state index contributed by atoms with van der Waals surface area (Å²) >= 11 is 3.04. The van der Waals surface area contributed by atoms with Crippen LogP contribution in [0.15, 0.2) is 29.3 Å². The Hall–Kier alpha value is -1.34. The molecule has 78 valence electrons. The van der Waals surface area contributed by atoms with Crippen LogP contribution in [0.4, 0.5) is 10.1 Å². The maximum Gasteiger partial charge on any atom is 0.161 e. The second-order valence-electron chi connectivity index (χ2n) is 2.90. The average molecular weight is 269 g/mol. The van der Waals surface area contributed by atoms with Crippen molar-refractivity contribution < 1.29 is 4.39 Å². The van der Waals surface area contributed by atoms with Gasteiger partial charge in [0, 0.05) is 6.54 Å². The topological polar surface area (TPSA) is 35.8 Å². The molecule has 0 fully saturated rings. The Morgan fingerprint density at radius 1 is 1.60 bits per heavy atom. The molecule has 0 aromatic heterocycles. The summed E-state index contributed by atoms with van der Waals surface area (Å²) in [6.07, 6.45) is 2.51. The zero-order valence-corrected chi connectivity index (χ0v) is 9.64. The zero-order valence-electron chi connectivity index (χ0n) is 8.06. The number of benzene rings is 1. The van der Waals surface area contributed by atoms with E-state index in [1.54, 1.807) is 18.2 Å². The van der Waals surface area contributed by atoms with Crippen molar-refractivity contribution in [3.63, 3.8) is 0 Å². The Kier molecular flexibility index (Phi) is 4.32. The first kappa shape index (κ1) is 11.7. The molecule has 4 heteroatoms. The maximum atomic E-state index is 13.6. The van der Waals surface area contributed by atoms with Gasteiger partial charge in [0.05, 0.1) is 15.7 Å². The molecular formula is C11H10BrFN2. The van der Waals surface area contributed by atoms with Gasteiger partial charge in [-0.3, -0.25) is 0 Å². The molecule has 2 nitrogen and oxygen atoms in total. The minimum atomic E-state index is -0.432. The number of hydrogen-bond acceptors (Lipinski definition) is 2. The largest absolute Gasteiger partial charge is 0.382 e. The molecule has 15 heavy (non-hydrogen) atoms. The van der Waals surface area contributed by atoms with Crippen LogP contribution in [0.25, 0.3) is 0 Å². The zero-order chi connectivity index (χ0) is 11.3. The van der Waals surface area contributed by atoms with Crippen molar-refractivity contribution in [3.8, 4) is 6.07 Å². The van der Waals surface area contributed by atoms with E-state index in [2.05, 4.69) is 27.8 Å². The third-order valence-electron chi connectivity index (χ3n) is 1.87. The quantitative estimate of drug-likeness (QED) is 0.671. The van der Waals surface area contributed by atoms with E-state index in [0.717, 1.165) is 6.42 Å². The van der Waals surface area contributed by atoms with Crippen LogP contribution in [-0.4, -0.2) is 6.54 Å². The minimum absolute atomic E-state index is 0.202. The number of rotatable bonds is 4. The fourth-order valence-electron chi connectivity index (χ4n) is 1.08. The summed E-state index contributed by atoms with van der Waals surface area (Å²) < 4.78 is 13.8. The van der Waals surface area contributed by atoms with Crippen molar-refractivity contribution in [2.24, 2.45) is 0 Å². The number of nitriles is 1. The summed E-state index contributed by atoms with van der Waals surface area (Å²) in [4.78, 5) is 0. The summed E-state index contributed by atoms with van der Waals surface area (Å²) in [7, 11) is 0. The predicted octanol–water partition coefficient (Wildman–Crippen LogP) is 3.45. The fourth-order valence-corrected chi connectivity index (χ4v) is 1.52. The molecule has 0 aliphatic rings. The lowest BCUT2D eigenvalue weighted by Crippen LogP contribution is -2.03. The number of hydrogen-bond donors (Lipinski definition) is 1. The molecule has 1 rings (SSSR count). The van der Waals surface area contributed by atoms with Gasteiger partial charge in [-0.1, -0.05) is 6.08 Å². The van der Waals surface area contributed by atoms with E-state index in [4.69, 9.17) is 5.26 Å². The molecule has 1 aromatic carbocycles. The molecule has 0 aliphatic carbocycles. The highest BCUT2D eigenvalue weighted by atomic mass is 79.9. The van der Waals surface area contributed by atoms with Crippen molar-refractivity contribution in [2.75, 3.05) is 11.9 Å². The van der Waals surface area contributed by atoms with E-state index in [1.165, 1.54) is 0 Å². The molecule has 0 heterocycles. The van der Waals surface area contributed by atoms with E-state index in [9.17, 15) is 4.39 Å². The van der Waals surface area contributed by atoms with Gasteiger partial charge in [0.25, 0.3) is 0 Å². The summed E-state index contributed by atoms with van der Waals surface area (Å²) in [6.45, 7) is 4.20. The summed E-state index contributed by atoms with van der Waals surface area (Å²) in [5, 5.41) is 11.6. The molecule has 0 aliphatic heterocycles. The monoisotopic (exact) mass is 268 g/mol. The molecule has 1 N–H and O–H groups in total. The van der Waals surface area contributed by atoms with Crippen molar-refractivity contribution in [2.45, 2.75) is 6.42 Å². The lowest BCUT2D eigenvalue weighted by atomic mass is 10.2. The minimum Gasteiger partial charge on any atom is -0.382 e. The predicted molar refractivity (Wildman–Crippen MR) is 62.1 cm³/mol. The fraction of sp³-hybridized carbons (Fsp3) is 0.182. The van der Waals surface area contributed by atoms with Crippen molar-refractivity contribution in [3.05, 3.63) is 40.6 Å². The van der Waals surface area contributed by atoms with Gasteiger partial charge < -0.3 is 5.32 Å². The molecule has 0 radical (unpaired) electrons. The van der Waals surface area contributed by atoms with Gasteiger partial charge in [-0.25, -0.2) is 4.39 Å². The number of nitrogens with zero attached hydrogens (tertiary/aromatic N) is 1. The molecule has 0 bridgehead atoms. The maximum absolute atomic E-state index is 13.6. The van der Waals surface area contributed by atoms with E-state index in [-0.39, 0.29) is 4.47 Å².